The molecule has 0 aromatic heterocycles. The van der Waals surface area contributed by atoms with Gasteiger partial charge in [-0.15, -0.1) is 0 Å². The number of carbonyl (C=O) groups is 3. The van der Waals surface area contributed by atoms with Crippen LogP contribution in [0.5, 0.6) is 5.75 Å². The number of carboxylic acid groups (broad SMARTS) is 1. The number of aliphatic carboxylic acids is 1. The van der Waals surface area contributed by atoms with Crippen molar-refractivity contribution in [2.24, 2.45) is 11.8 Å². The first kappa shape index (κ1) is 23.5. The van der Waals surface area contributed by atoms with E-state index in [4.69, 9.17) is 0 Å². The third kappa shape index (κ3) is 3.87. The largest absolute Gasteiger partial charge is 0.508 e. The molecule has 2 amide bonds. The molecule has 0 aliphatic carbocycles. The van der Waals surface area contributed by atoms with E-state index in [1.807, 2.05) is 55.5 Å². The van der Waals surface area contributed by atoms with E-state index >= 15 is 0 Å². The van der Waals surface area contributed by atoms with Crippen LogP contribution in [0, 0.1) is 18.8 Å². The first-order valence-electron chi connectivity index (χ1n) is 11.8. The molecule has 2 heterocycles. The van der Waals surface area contributed by atoms with Gasteiger partial charge in [0.2, 0.25) is 11.8 Å². The monoisotopic (exact) mass is 482 g/mol. The smallest absolute Gasteiger partial charge is 0.325 e. The first-order chi connectivity index (χ1) is 17.3. The highest BCUT2D eigenvalue weighted by Gasteiger charge is 2.68. The molecule has 5 rings (SSSR count). The summed E-state index contributed by atoms with van der Waals surface area (Å²) in [7, 11) is 0. The van der Waals surface area contributed by atoms with Gasteiger partial charge >= 0.3 is 5.97 Å². The fourth-order valence-corrected chi connectivity index (χ4v) is 5.41. The molecule has 3 N–H and O–H groups in total. The number of nitrogens with one attached hydrogen (secondary N) is 1. The van der Waals surface area contributed by atoms with Crippen molar-refractivity contribution in [1.82, 2.24) is 5.32 Å². The average Bonchev–Trinajstić information content (AvgIpc) is 3.34. The SMILES string of the molecule is Cc1ccccc1N1C(=O)C2C(/C=C/c3ccccc3)NC(Cc3ccc(O)cc3)(C(=O)O)C2C1=O. The van der Waals surface area contributed by atoms with Crippen LogP contribution in [-0.2, 0) is 20.8 Å². The third-order valence-electron chi connectivity index (χ3n) is 7.15. The van der Waals surface area contributed by atoms with E-state index in [0.29, 0.717) is 11.3 Å². The maximum absolute atomic E-state index is 13.9. The van der Waals surface area contributed by atoms with E-state index in [1.54, 1.807) is 30.3 Å². The Balaban J connectivity index is 1.61. The number of hydrogen-bond donors (Lipinski definition) is 3. The van der Waals surface area contributed by atoms with Gasteiger partial charge in [-0.2, -0.15) is 0 Å². The van der Waals surface area contributed by atoms with Gasteiger partial charge in [0, 0.05) is 12.5 Å². The minimum Gasteiger partial charge on any atom is -0.508 e. The summed E-state index contributed by atoms with van der Waals surface area (Å²) in [6, 6.07) is 22.1. The first-order valence-corrected chi connectivity index (χ1v) is 11.8. The number of aryl methyl sites for hydroxylation is 1. The normalized spacial score (nSPS) is 25.5. The number of phenolic OH excluding ortho intramolecular Hbond substituents is 1. The number of nitrogens with zero attached hydrogens (tertiary/aromatic N) is 1. The standard InChI is InChI=1S/C29H26N2O5/c1-18-7-5-6-10-23(18)31-26(33)24-22(16-13-19-8-3-2-4-9-19)30-29(28(35)36,25(24)27(31)34)17-20-11-14-21(32)15-12-20/h2-16,22,24-25,30,32H,17H2,1H3,(H,35,36)/b16-13+. The molecule has 3 aromatic rings. The summed E-state index contributed by atoms with van der Waals surface area (Å²) in [6.45, 7) is 1.82. The number of aromatic hydroxyl groups is 1. The zero-order chi connectivity index (χ0) is 25.4. The molecule has 2 fully saturated rings. The number of benzene rings is 3. The summed E-state index contributed by atoms with van der Waals surface area (Å²) >= 11 is 0. The van der Waals surface area contributed by atoms with E-state index in [2.05, 4.69) is 5.32 Å². The fraction of sp³-hybridized carbons (Fsp3) is 0.207. The number of rotatable bonds is 6. The molecule has 2 aliphatic rings. The number of phenols is 1. The summed E-state index contributed by atoms with van der Waals surface area (Å²) in [6.07, 6.45) is 3.59. The van der Waals surface area contributed by atoms with Crippen molar-refractivity contribution in [1.29, 1.82) is 0 Å². The number of carboxylic acids is 1. The van der Waals surface area contributed by atoms with Crippen molar-refractivity contribution in [3.8, 4) is 5.75 Å². The minimum atomic E-state index is -1.71. The molecule has 4 unspecified atom stereocenters. The second-order valence-corrected chi connectivity index (χ2v) is 9.36. The van der Waals surface area contributed by atoms with Crippen LogP contribution in [-0.4, -0.2) is 39.6 Å². The molecule has 0 saturated carbocycles. The van der Waals surface area contributed by atoms with Gasteiger partial charge in [0.1, 0.15) is 11.3 Å². The second kappa shape index (κ2) is 9.09. The summed E-state index contributed by atoms with van der Waals surface area (Å²) in [4.78, 5) is 41.7. The van der Waals surface area contributed by atoms with Crippen LogP contribution in [0.4, 0.5) is 5.69 Å². The number of amides is 2. The van der Waals surface area contributed by atoms with E-state index in [9.17, 15) is 24.6 Å². The van der Waals surface area contributed by atoms with Crippen molar-refractivity contribution in [3.05, 3.63) is 102 Å². The van der Waals surface area contributed by atoms with Gasteiger partial charge < -0.3 is 10.2 Å². The van der Waals surface area contributed by atoms with Gasteiger partial charge in [0.05, 0.1) is 17.5 Å². The molecular formula is C29H26N2O5. The van der Waals surface area contributed by atoms with Gasteiger partial charge in [-0.25, -0.2) is 4.90 Å². The Morgan fingerprint density at radius 3 is 2.31 bits per heavy atom. The molecule has 0 bridgehead atoms. The topological polar surface area (TPSA) is 107 Å². The highest BCUT2D eigenvalue weighted by atomic mass is 16.4. The number of anilines is 1. The predicted molar refractivity (Wildman–Crippen MR) is 135 cm³/mol. The van der Waals surface area contributed by atoms with Gasteiger partial charge in [0.15, 0.2) is 0 Å². The number of para-hydroxylation sites is 1. The van der Waals surface area contributed by atoms with Crippen molar-refractivity contribution >= 4 is 29.5 Å². The molecule has 182 valence electrons. The summed E-state index contributed by atoms with van der Waals surface area (Å²) in [5, 5.41) is 23.4. The lowest BCUT2D eigenvalue weighted by Crippen LogP contribution is -2.58. The molecular weight excluding hydrogens is 456 g/mol. The van der Waals surface area contributed by atoms with Gasteiger partial charge in [-0.05, 0) is 41.8 Å². The Hall–Kier alpha value is -4.23. The van der Waals surface area contributed by atoms with E-state index in [-0.39, 0.29) is 12.2 Å². The molecule has 36 heavy (non-hydrogen) atoms. The zero-order valence-corrected chi connectivity index (χ0v) is 19.7. The molecule has 0 radical (unpaired) electrons. The number of fused-ring (bicyclic) bond motifs is 1. The summed E-state index contributed by atoms with van der Waals surface area (Å²) in [5.41, 5.74) is 1.04. The van der Waals surface area contributed by atoms with Crippen LogP contribution in [0.1, 0.15) is 16.7 Å². The Labute approximate surface area is 208 Å². The maximum atomic E-state index is 13.9. The lowest BCUT2D eigenvalue weighted by Gasteiger charge is -2.31. The predicted octanol–water partition coefficient (Wildman–Crippen LogP) is 3.56. The highest BCUT2D eigenvalue weighted by Crippen LogP contribution is 2.47. The number of imide groups is 1. The van der Waals surface area contributed by atoms with Crippen LogP contribution in [0.15, 0.2) is 84.9 Å². The summed E-state index contributed by atoms with van der Waals surface area (Å²) in [5.74, 6) is -4.07. The van der Waals surface area contributed by atoms with Crippen LogP contribution in [0.25, 0.3) is 6.08 Å². The van der Waals surface area contributed by atoms with Gasteiger partial charge in [0.25, 0.3) is 0 Å². The number of hydrogen-bond acceptors (Lipinski definition) is 5. The third-order valence-corrected chi connectivity index (χ3v) is 7.15. The quantitative estimate of drug-likeness (QED) is 0.464. The van der Waals surface area contributed by atoms with Crippen molar-refractivity contribution in [2.75, 3.05) is 4.90 Å². The zero-order valence-electron chi connectivity index (χ0n) is 19.7. The van der Waals surface area contributed by atoms with Crippen molar-refractivity contribution < 1.29 is 24.6 Å². The lowest BCUT2D eigenvalue weighted by molar-refractivity contribution is -0.148. The van der Waals surface area contributed by atoms with Crippen LogP contribution >= 0.6 is 0 Å². The Kier molecular flexibility index (Phi) is 5.94. The molecule has 7 heteroatoms. The average molecular weight is 483 g/mol. The van der Waals surface area contributed by atoms with Crippen molar-refractivity contribution in [3.63, 3.8) is 0 Å². The molecule has 4 atom stereocenters. The molecule has 2 saturated heterocycles. The van der Waals surface area contributed by atoms with Crippen LogP contribution in [0.3, 0.4) is 0 Å². The Morgan fingerprint density at radius 2 is 1.64 bits per heavy atom. The molecule has 3 aromatic carbocycles. The second-order valence-electron chi connectivity index (χ2n) is 9.36. The summed E-state index contributed by atoms with van der Waals surface area (Å²) < 4.78 is 0. The van der Waals surface area contributed by atoms with Gasteiger partial charge in [-0.3, -0.25) is 19.7 Å². The van der Waals surface area contributed by atoms with Crippen molar-refractivity contribution in [2.45, 2.75) is 24.9 Å². The lowest BCUT2D eigenvalue weighted by atomic mass is 9.76. The Bertz CT molecular complexity index is 1350. The van der Waals surface area contributed by atoms with E-state index < -0.39 is 41.2 Å². The van der Waals surface area contributed by atoms with Gasteiger partial charge in [-0.1, -0.05) is 72.8 Å². The molecule has 7 nitrogen and oxygen atoms in total. The van der Waals surface area contributed by atoms with Crippen LogP contribution in [0.2, 0.25) is 0 Å². The van der Waals surface area contributed by atoms with E-state index in [1.165, 1.54) is 12.1 Å². The van der Waals surface area contributed by atoms with Crippen LogP contribution < -0.4 is 10.2 Å². The van der Waals surface area contributed by atoms with E-state index in [0.717, 1.165) is 16.0 Å². The Morgan fingerprint density at radius 1 is 0.972 bits per heavy atom. The minimum absolute atomic E-state index is 0.0277. The maximum Gasteiger partial charge on any atom is 0.325 e. The molecule has 0 spiro atoms. The number of carbonyl (C=O) groups excluding carboxylic acids is 2. The fourth-order valence-electron chi connectivity index (χ4n) is 5.41. The molecule has 2 aliphatic heterocycles. The highest BCUT2D eigenvalue weighted by molar-refractivity contribution is 6.24.